The van der Waals surface area contributed by atoms with Crippen molar-refractivity contribution in [2.45, 2.75) is 0 Å². The first-order valence-corrected chi connectivity index (χ1v) is 1.50. The second kappa shape index (κ2) is 21.5. The van der Waals surface area contributed by atoms with Crippen molar-refractivity contribution >= 4 is 41.9 Å². The minimum atomic E-state index is 0. The molecule has 1 nitrogen and oxygen atoms in total. The molecule has 0 aromatic carbocycles. The Labute approximate surface area is 63.2 Å². The van der Waals surface area contributed by atoms with Crippen molar-refractivity contribution in [2.24, 2.45) is 0 Å². The summed E-state index contributed by atoms with van der Waals surface area (Å²) in [5.41, 5.74) is 0. The molecule has 0 aliphatic rings. The number of rotatable bonds is 0. The zero-order chi connectivity index (χ0) is 2.00. The zero-order valence-electron chi connectivity index (χ0n) is 1.12. The van der Waals surface area contributed by atoms with Gasteiger partial charge in [0.2, 0.25) is 0 Å². The summed E-state index contributed by atoms with van der Waals surface area (Å²) in [6.45, 7) is 0. The molecule has 0 unspecified atom stereocenters. The Bertz CT molecular complexity index is 8.00. The van der Waals surface area contributed by atoms with Crippen LogP contribution in [0.4, 0.5) is 0 Å². The van der Waals surface area contributed by atoms with Crippen molar-refractivity contribution in [1.29, 1.82) is 0 Å². The van der Waals surface area contributed by atoms with Gasteiger partial charge in [0.05, 0.1) is 0 Å². The van der Waals surface area contributed by atoms with Gasteiger partial charge in [0.1, 0.15) is 0 Å². The van der Waals surface area contributed by atoms with Crippen molar-refractivity contribution in [1.82, 2.24) is 0 Å². The summed E-state index contributed by atoms with van der Waals surface area (Å²) < 4.78 is 8.38. The van der Waals surface area contributed by atoms with Crippen LogP contribution in [0.25, 0.3) is 0 Å². The third kappa shape index (κ3) is 9.21. The molecule has 0 atom stereocenters. The molecular weight excluding hydrogens is 113 g/mol. The van der Waals surface area contributed by atoms with E-state index in [9.17, 15) is 0 Å². The van der Waals surface area contributed by atoms with Gasteiger partial charge >= 0.3 is 63.7 Å². The molecule has 0 N–H and O–H groups in total. The van der Waals surface area contributed by atoms with Crippen LogP contribution in [-0.4, -0.2) is 41.9 Å². The van der Waals surface area contributed by atoms with Gasteiger partial charge in [0.25, 0.3) is 0 Å². The number of hydrogen-bond donors (Lipinski definition) is 0. The molecule has 0 aliphatic heterocycles. The first-order chi connectivity index (χ1) is 1.00. The molecule has 0 rings (SSSR count). The Morgan fingerprint density at radius 1 is 1.25 bits per heavy atom. The van der Waals surface area contributed by atoms with E-state index < -0.39 is 0 Å². The van der Waals surface area contributed by atoms with Crippen LogP contribution in [0.15, 0.2) is 0 Å². The molecule has 0 heterocycles. The molecule has 0 aromatic rings. The average Bonchev–Trinajstić information content (AvgIpc) is 1.00. The molecule has 4 heteroatoms. The van der Waals surface area contributed by atoms with Gasteiger partial charge in [0.15, 0.2) is 0 Å². The van der Waals surface area contributed by atoms with E-state index in [-0.39, 0.29) is 60.2 Å². The summed E-state index contributed by atoms with van der Waals surface area (Å²) in [7, 11) is 0. The van der Waals surface area contributed by atoms with Crippen molar-refractivity contribution in [3.8, 4) is 0 Å². The Balaban J connectivity index is -0.00000000500. The van der Waals surface area contributed by atoms with Crippen molar-refractivity contribution < 1.29 is 21.8 Å². The molecular formula is H3LiMgOZn. The molecule has 0 radical (unpaired) electrons. The van der Waals surface area contributed by atoms with E-state index in [1.807, 2.05) is 0 Å². The maximum atomic E-state index is 8.38. The summed E-state index contributed by atoms with van der Waals surface area (Å²) in [4.78, 5) is 0. The Kier molecular flexibility index (Phi) is 91.8. The quantitative estimate of drug-likeness (QED) is 0.345. The summed E-state index contributed by atoms with van der Waals surface area (Å²) in [6.07, 6.45) is 0. The first-order valence-electron chi connectivity index (χ1n) is 0.289. The second-order valence-electron chi connectivity index (χ2n) is 0. The van der Waals surface area contributed by atoms with Crippen LogP contribution in [0.1, 0.15) is 0 Å². The summed E-state index contributed by atoms with van der Waals surface area (Å²) >= 11 is 0.125. The third-order valence-corrected chi connectivity index (χ3v) is 0. The molecule has 4 heavy (non-hydrogen) atoms. The van der Waals surface area contributed by atoms with Crippen LogP contribution in [0.5, 0.6) is 0 Å². The van der Waals surface area contributed by atoms with Crippen molar-refractivity contribution in [2.75, 3.05) is 0 Å². The maximum absolute atomic E-state index is 8.38. The fraction of sp³-hybridized carbons (Fsp3) is 0. The molecule has 0 aromatic heterocycles. The SMILES string of the molecule is [LiH].[MgH2].[O]=[Zn]. The van der Waals surface area contributed by atoms with Crippen LogP contribution >= 0.6 is 0 Å². The minimum absolute atomic E-state index is 0. The van der Waals surface area contributed by atoms with Crippen LogP contribution in [-0.2, 0) is 21.8 Å². The van der Waals surface area contributed by atoms with Gasteiger partial charge in [-0.05, 0) is 0 Å². The predicted octanol–water partition coefficient (Wildman–Crippen LogP) is -1.69. The average molecular weight is 116 g/mol. The Morgan fingerprint density at radius 2 is 1.25 bits per heavy atom. The van der Waals surface area contributed by atoms with Crippen molar-refractivity contribution in [3.63, 3.8) is 0 Å². The molecule has 0 spiro atoms. The molecule has 0 bridgehead atoms. The Morgan fingerprint density at radius 3 is 1.25 bits per heavy atom. The molecule has 0 aliphatic carbocycles. The molecule has 0 fully saturated rings. The van der Waals surface area contributed by atoms with E-state index in [4.69, 9.17) is 3.57 Å². The van der Waals surface area contributed by atoms with Crippen LogP contribution < -0.4 is 0 Å². The summed E-state index contributed by atoms with van der Waals surface area (Å²) in [5, 5.41) is 0. The van der Waals surface area contributed by atoms with E-state index in [1.54, 1.807) is 0 Å². The van der Waals surface area contributed by atoms with Gasteiger partial charge in [-0.2, -0.15) is 0 Å². The van der Waals surface area contributed by atoms with Gasteiger partial charge < -0.3 is 0 Å². The molecule has 0 saturated carbocycles. The summed E-state index contributed by atoms with van der Waals surface area (Å²) in [6, 6.07) is 0. The standard InChI is InChI=1S/Li.Mg.O.Zn.3H. The van der Waals surface area contributed by atoms with Gasteiger partial charge in [-0.25, -0.2) is 0 Å². The van der Waals surface area contributed by atoms with E-state index in [2.05, 4.69) is 0 Å². The molecule has 0 saturated heterocycles. The molecule has 14 valence electrons. The monoisotopic (exact) mass is 114 g/mol. The van der Waals surface area contributed by atoms with E-state index in [0.29, 0.717) is 0 Å². The summed E-state index contributed by atoms with van der Waals surface area (Å²) in [5.74, 6) is 0. The second-order valence-corrected chi connectivity index (χ2v) is 0. The predicted molar refractivity (Wildman–Crippen MR) is 16.4 cm³/mol. The van der Waals surface area contributed by atoms with Gasteiger partial charge in [0, 0.05) is 0 Å². The van der Waals surface area contributed by atoms with E-state index in [0.717, 1.165) is 0 Å². The third-order valence-electron chi connectivity index (χ3n) is 0. The van der Waals surface area contributed by atoms with Crippen LogP contribution in [0.2, 0.25) is 0 Å². The molecule has 0 amide bonds. The van der Waals surface area contributed by atoms with Gasteiger partial charge in [-0.3, -0.25) is 0 Å². The Hall–Kier alpha value is 1.79. The normalized spacial score (nSPS) is 1.50. The topological polar surface area (TPSA) is 17.1 Å². The van der Waals surface area contributed by atoms with E-state index >= 15 is 0 Å². The fourth-order valence-corrected chi connectivity index (χ4v) is 0. The van der Waals surface area contributed by atoms with Crippen molar-refractivity contribution in [3.05, 3.63) is 0 Å². The van der Waals surface area contributed by atoms with Gasteiger partial charge in [-0.15, -0.1) is 0 Å². The zero-order valence-corrected chi connectivity index (χ0v) is 4.08. The fourth-order valence-electron chi connectivity index (χ4n) is 0. The van der Waals surface area contributed by atoms with Gasteiger partial charge in [-0.1, -0.05) is 0 Å². The number of hydrogen-bond acceptors (Lipinski definition) is 1. The van der Waals surface area contributed by atoms with Crippen LogP contribution in [0, 0.1) is 0 Å². The first kappa shape index (κ1) is 17.1. The van der Waals surface area contributed by atoms with Crippen LogP contribution in [0.3, 0.4) is 0 Å². The van der Waals surface area contributed by atoms with E-state index in [1.165, 1.54) is 0 Å².